The summed E-state index contributed by atoms with van der Waals surface area (Å²) in [5, 5.41) is 24.1. The number of hydrogen-bond donors (Lipinski definition) is 1. The fraction of sp³-hybridized carbons (Fsp3) is 0.400. The minimum Gasteiger partial charge on any atom is -0.480 e. The molecule has 0 aromatic carbocycles. The van der Waals surface area contributed by atoms with Crippen LogP contribution in [-0.2, 0) is 4.79 Å². The van der Waals surface area contributed by atoms with Gasteiger partial charge in [-0.15, -0.1) is 0 Å². The van der Waals surface area contributed by atoms with Crippen LogP contribution in [0.25, 0.3) is 0 Å². The molecule has 0 heterocycles. The summed E-state index contributed by atoms with van der Waals surface area (Å²) in [6.45, 7) is 0. The van der Waals surface area contributed by atoms with E-state index in [9.17, 15) is 4.79 Å². The molecule has 4 heteroatoms. The van der Waals surface area contributed by atoms with E-state index >= 15 is 0 Å². The van der Waals surface area contributed by atoms with Crippen LogP contribution >= 0.6 is 0 Å². The molecule has 1 unspecified atom stereocenters. The van der Waals surface area contributed by atoms with Gasteiger partial charge in [-0.25, -0.2) is 0 Å². The maximum absolute atomic E-state index is 9.95. The first kappa shape index (κ1) is 7.45. The molecule has 0 aliphatic rings. The van der Waals surface area contributed by atoms with Gasteiger partial charge in [-0.2, -0.15) is 10.5 Å². The zero-order chi connectivity index (χ0) is 7.28. The number of hydrogen-bond acceptors (Lipinski definition) is 3. The van der Waals surface area contributed by atoms with Gasteiger partial charge in [-0.1, -0.05) is 0 Å². The number of rotatable bonds is 2. The third-order valence-corrected chi connectivity index (χ3v) is 0.749. The summed E-state index contributed by atoms with van der Waals surface area (Å²) < 4.78 is 0. The van der Waals surface area contributed by atoms with Crippen molar-refractivity contribution < 1.29 is 9.90 Å². The summed E-state index contributed by atoms with van der Waals surface area (Å²) in [5.41, 5.74) is 0. The quantitative estimate of drug-likeness (QED) is 0.566. The second-order valence-electron chi connectivity index (χ2n) is 1.38. The van der Waals surface area contributed by atoms with Gasteiger partial charge in [0.25, 0.3) is 0 Å². The zero-order valence-corrected chi connectivity index (χ0v) is 4.53. The topological polar surface area (TPSA) is 84.9 Å². The predicted molar refractivity (Wildman–Crippen MR) is 27.0 cm³/mol. The Morgan fingerprint density at radius 1 is 1.67 bits per heavy atom. The number of nitrogens with zero attached hydrogens (tertiary/aromatic N) is 2. The molecule has 0 fully saturated rings. The van der Waals surface area contributed by atoms with Crippen molar-refractivity contribution in [2.24, 2.45) is 5.92 Å². The lowest BCUT2D eigenvalue weighted by Gasteiger charge is -1.91. The Bertz CT molecular complexity index is 186. The fourth-order valence-corrected chi connectivity index (χ4v) is 0.279. The molecule has 0 aliphatic heterocycles. The van der Waals surface area contributed by atoms with Crippen molar-refractivity contribution in [3.8, 4) is 12.1 Å². The molecule has 4 nitrogen and oxygen atoms in total. The second kappa shape index (κ2) is 3.45. The van der Waals surface area contributed by atoms with Crippen molar-refractivity contribution in [1.29, 1.82) is 10.5 Å². The molecule has 0 saturated carbocycles. The molecule has 1 N–H and O–H groups in total. The number of nitriles is 2. The first-order valence-electron chi connectivity index (χ1n) is 2.21. The summed E-state index contributed by atoms with van der Waals surface area (Å²) in [7, 11) is 0. The van der Waals surface area contributed by atoms with E-state index in [1.54, 1.807) is 6.07 Å². The lowest BCUT2D eigenvalue weighted by molar-refractivity contribution is -0.139. The van der Waals surface area contributed by atoms with E-state index in [-0.39, 0.29) is 6.42 Å². The van der Waals surface area contributed by atoms with Gasteiger partial charge in [-0.05, 0) is 0 Å². The first-order chi connectivity index (χ1) is 4.22. The largest absolute Gasteiger partial charge is 0.480 e. The van der Waals surface area contributed by atoms with Crippen LogP contribution in [0.2, 0.25) is 0 Å². The highest BCUT2D eigenvalue weighted by atomic mass is 16.4. The number of aliphatic carboxylic acids is 1. The van der Waals surface area contributed by atoms with Crippen molar-refractivity contribution in [2.75, 3.05) is 0 Å². The van der Waals surface area contributed by atoms with Crippen LogP contribution in [0.1, 0.15) is 6.42 Å². The van der Waals surface area contributed by atoms with E-state index in [0.29, 0.717) is 0 Å². The standard InChI is InChI=1S/C5H4N2O2/c6-2-1-4(3-7)5(8)9/h4H,1H2,(H,8,9). The van der Waals surface area contributed by atoms with Gasteiger partial charge in [0.05, 0.1) is 18.6 Å². The summed E-state index contributed by atoms with van der Waals surface area (Å²) in [6, 6.07) is 3.08. The normalized spacial score (nSPS) is 10.9. The zero-order valence-electron chi connectivity index (χ0n) is 4.53. The smallest absolute Gasteiger partial charge is 0.321 e. The van der Waals surface area contributed by atoms with Gasteiger partial charge in [-0.3, -0.25) is 4.79 Å². The highest BCUT2D eigenvalue weighted by Gasteiger charge is 2.14. The van der Waals surface area contributed by atoms with E-state index in [2.05, 4.69) is 0 Å². The van der Waals surface area contributed by atoms with Crippen LogP contribution in [0.5, 0.6) is 0 Å². The molecule has 46 valence electrons. The predicted octanol–water partition coefficient (Wildman–Crippen LogP) is 0.124. The Balaban J connectivity index is 3.91. The van der Waals surface area contributed by atoms with Crippen LogP contribution in [0, 0.1) is 28.6 Å². The van der Waals surface area contributed by atoms with E-state index < -0.39 is 11.9 Å². The molecular weight excluding hydrogens is 120 g/mol. The van der Waals surface area contributed by atoms with E-state index in [1.807, 2.05) is 0 Å². The third kappa shape index (κ3) is 2.30. The minimum absolute atomic E-state index is 0.244. The van der Waals surface area contributed by atoms with Crippen LogP contribution in [0.4, 0.5) is 0 Å². The maximum Gasteiger partial charge on any atom is 0.321 e. The van der Waals surface area contributed by atoms with Gasteiger partial charge in [0, 0.05) is 0 Å². The van der Waals surface area contributed by atoms with Crippen LogP contribution in [0.15, 0.2) is 0 Å². The Hall–Kier alpha value is -1.55. The highest BCUT2D eigenvalue weighted by Crippen LogP contribution is 1.98. The molecule has 0 rings (SSSR count). The van der Waals surface area contributed by atoms with Crippen LogP contribution < -0.4 is 0 Å². The van der Waals surface area contributed by atoms with Gasteiger partial charge >= 0.3 is 5.97 Å². The molecule has 0 aromatic heterocycles. The molecule has 1 atom stereocenters. The molecular formula is C5H4N2O2. The Morgan fingerprint density at radius 2 is 2.22 bits per heavy atom. The highest BCUT2D eigenvalue weighted by molar-refractivity contribution is 5.73. The molecule has 0 bridgehead atoms. The average Bonchev–Trinajstić information content (AvgIpc) is 1.82. The molecule has 0 spiro atoms. The molecule has 9 heavy (non-hydrogen) atoms. The number of carboxylic acid groups (broad SMARTS) is 1. The molecule has 0 aromatic rings. The molecule has 0 aliphatic carbocycles. The van der Waals surface area contributed by atoms with E-state index in [1.165, 1.54) is 6.07 Å². The average molecular weight is 124 g/mol. The summed E-state index contributed by atoms with van der Waals surface area (Å²) >= 11 is 0. The molecule has 0 saturated heterocycles. The van der Waals surface area contributed by atoms with Gasteiger partial charge in [0.2, 0.25) is 0 Å². The van der Waals surface area contributed by atoms with Crippen LogP contribution in [-0.4, -0.2) is 11.1 Å². The van der Waals surface area contributed by atoms with Gasteiger partial charge in [0.1, 0.15) is 0 Å². The van der Waals surface area contributed by atoms with Gasteiger partial charge < -0.3 is 5.11 Å². The second-order valence-corrected chi connectivity index (χ2v) is 1.38. The molecule has 0 radical (unpaired) electrons. The summed E-state index contributed by atoms with van der Waals surface area (Å²) in [4.78, 5) is 9.95. The molecule has 0 amide bonds. The van der Waals surface area contributed by atoms with E-state index in [0.717, 1.165) is 0 Å². The summed E-state index contributed by atoms with van der Waals surface area (Å²) in [6.07, 6.45) is -0.244. The van der Waals surface area contributed by atoms with Crippen LogP contribution in [0.3, 0.4) is 0 Å². The Kier molecular flexibility index (Phi) is 2.86. The van der Waals surface area contributed by atoms with Crippen molar-refractivity contribution in [3.63, 3.8) is 0 Å². The Morgan fingerprint density at radius 3 is 2.33 bits per heavy atom. The van der Waals surface area contributed by atoms with Crippen molar-refractivity contribution in [1.82, 2.24) is 0 Å². The van der Waals surface area contributed by atoms with E-state index in [4.69, 9.17) is 15.6 Å². The summed E-state index contributed by atoms with van der Waals surface area (Å²) in [5.74, 6) is -2.41. The minimum atomic E-state index is -1.24. The fourth-order valence-electron chi connectivity index (χ4n) is 0.279. The third-order valence-electron chi connectivity index (χ3n) is 0.749. The Labute approximate surface area is 51.9 Å². The van der Waals surface area contributed by atoms with Crippen molar-refractivity contribution in [3.05, 3.63) is 0 Å². The number of carboxylic acids is 1. The lowest BCUT2D eigenvalue weighted by atomic mass is 10.1. The van der Waals surface area contributed by atoms with Crippen molar-refractivity contribution in [2.45, 2.75) is 6.42 Å². The van der Waals surface area contributed by atoms with Crippen molar-refractivity contribution >= 4 is 5.97 Å². The first-order valence-corrected chi connectivity index (χ1v) is 2.21. The number of carbonyl (C=O) groups is 1. The maximum atomic E-state index is 9.95. The monoisotopic (exact) mass is 124 g/mol. The SMILES string of the molecule is N#CCC(C#N)C(=O)O. The lowest BCUT2D eigenvalue weighted by Crippen LogP contribution is -2.09. The van der Waals surface area contributed by atoms with Gasteiger partial charge in [0.15, 0.2) is 5.92 Å².